The fraction of sp³-hybridized carbons (Fsp3) is 0.150. The number of nitrogens with zero attached hydrogens (tertiary/aromatic N) is 1. The zero-order valence-electron chi connectivity index (χ0n) is 15.8. The maximum Gasteiger partial charge on any atom is 0.328 e. The molecule has 7 nitrogen and oxygen atoms in total. The van der Waals surface area contributed by atoms with Crippen molar-refractivity contribution in [2.45, 2.75) is 13.3 Å². The molecule has 3 amide bonds. The van der Waals surface area contributed by atoms with Gasteiger partial charge in [-0.2, -0.15) is 0 Å². The van der Waals surface area contributed by atoms with Gasteiger partial charge in [-0.3, -0.25) is 19.8 Å². The Morgan fingerprint density at radius 3 is 2.27 bits per heavy atom. The van der Waals surface area contributed by atoms with Crippen LogP contribution in [0.25, 0.3) is 10.9 Å². The molecule has 30 heavy (non-hydrogen) atoms. The molecule has 3 rings (SSSR count). The number of hydrogen-bond donors (Lipinski definition) is 3. The fourth-order valence-electron chi connectivity index (χ4n) is 2.77. The minimum Gasteiger partial charge on any atom is -0.348 e. The van der Waals surface area contributed by atoms with Crippen molar-refractivity contribution in [3.63, 3.8) is 0 Å². The fourth-order valence-corrected chi connectivity index (χ4v) is 3.47. The molecule has 0 fully saturated rings. The van der Waals surface area contributed by atoms with Gasteiger partial charge in [0.15, 0.2) is 0 Å². The molecule has 1 aromatic heterocycles. The van der Waals surface area contributed by atoms with Gasteiger partial charge in [-0.15, -0.1) is 0 Å². The summed E-state index contributed by atoms with van der Waals surface area (Å²) >= 11 is 18.0. The molecule has 156 valence electrons. The summed E-state index contributed by atoms with van der Waals surface area (Å²) in [7, 11) is 0. The molecule has 0 aliphatic rings. The highest BCUT2D eigenvalue weighted by Gasteiger charge is 2.21. The van der Waals surface area contributed by atoms with E-state index in [4.69, 9.17) is 34.8 Å². The van der Waals surface area contributed by atoms with E-state index in [1.165, 1.54) is 22.9 Å². The zero-order valence-corrected chi connectivity index (χ0v) is 18.0. The Kier molecular flexibility index (Phi) is 6.87. The third kappa shape index (κ3) is 5.05. The van der Waals surface area contributed by atoms with E-state index in [2.05, 4.69) is 16.1 Å². The molecule has 0 radical (unpaired) electrons. The molecule has 0 aliphatic heterocycles. The summed E-state index contributed by atoms with van der Waals surface area (Å²) in [6.45, 7) is 2.23. The topological polar surface area (TPSA) is 92.2 Å². The number of nitrogens with one attached hydrogen (secondary N) is 3. The summed E-state index contributed by atoms with van der Waals surface area (Å²) in [4.78, 5) is 37.2. The molecule has 0 bridgehead atoms. The second-order valence-electron chi connectivity index (χ2n) is 6.38. The number of amides is 3. The van der Waals surface area contributed by atoms with Crippen molar-refractivity contribution in [3.8, 4) is 0 Å². The van der Waals surface area contributed by atoms with Crippen LogP contribution in [0.4, 0.5) is 5.69 Å². The van der Waals surface area contributed by atoms with Crippen LogP contribution in [-0.4, -0.2) is 28.9 Å². The summed E-state index contributed by atoms with van der Waals surface area (Å²) in [5.74, 6) is -2.26. The third-order valence-electron chi connectivity index (χ3n) is 4.07. The lowest BCUT2D eigenvalue weighted by atomic mass is 10.2. The molecule has 2 aromatic carbocycles. The SMILES string of the molecule is CCCNC(=O)C(=O)Nn1c(C(=O)Nc2cc(Cl)cc(Cl)c2)cc2cc(Cl)ccc21. The summed E-state index contributed by atoms with van der Waals surface area (Å²) < 4.78 is 1.24. The number of benzene rings is 2. The van der Waals surface area contributed by atoms with Gasteiger partial charge in [0.25, 0.3) is 5.91 Å². The molecule has 10 heteroatoms. The number of anilines is 1. The van der Waals surface area contributed by atoms with Crippen molar-refractivity contribution in [2.75, 3.05) is 17.3 Å². The van der Waals surface area contributed by atoms with Crippen molar-refractivity contribution in [3.05, 3.63) is 63.2 Å². The first-order valence-corrected chi connectivity index (χ1v) is 10.1. The molecular formula is C20H17Cl3N4O3. The van der Waals surface area contributed by atoms with Crippen molar-refractivity contribution in [2.24, 2.45) is 0 Å². The predicted molar refractivity (Wildman–Crippen MR) is 119 cm³/mol. The van der Waals surface area contributed by atoms with Crippen LogP contribution >= 0.6 is 34.8 Å². The number of aromatic nitrogens is 1. The molecule has 3 aromatic rings. The van der Waals surface area contributed by atoms with Crippen molar-refractivity contribution in [1.82, 2.24) is 9.99 Å². The normalized spacial score (nSPS) is 10.7. The van der Waals surface area contributed by atoms with Crippen LogP contribution in [0.5, 0.6) is 0 Å². The van der Waals surface area contributed by atoms with E-state index in [9.17, 15) is 14.4 Å². The smallest absolute Gasteiger partial charge is 0.328 e. The predicted octanol–water partition coefficient (Wildman–Crippen LogP) is 4.45. The maximum absolute atomic E-state index is 12.9. The number of rotatable bonds is 5. The van der Waals surface area contributed by atoms with Gasteiger partial charge in [0.2, 0.25) is 0 Å². The minimum absolute atomic E-state index is 0.0833. The van der Waals surface area contributed by atoms with Crippen molar-refractivity contribution >= 4 is 69.1 Å². The monoisotopic (exact) mass is 466 g/mol. The molecule has 0 saturated heterocycles. The number of carbonyl (C=O) groups excluding carboxylic acids is 3. The first-order valence-electron chi connectivity index (χ1n) is 8.96. The van der Waals surface area contributed by atoms with Gasteiger partial charge in [0.1, 0.15) is 5.69 Å². The van der Waals surface area contributed by atoms with Crippen LogP contribution in [-0.2, 0) is 9.59 Å². The Balaban J connectivity index is 1.96. The van der Waals surface area contributed by atoms with Gasteiger partial charge in [-0.25, -0.2) is 4.68 Å². The molecule has 1 heterocycles. The Hall–Kier alpha value is -2.74. The molecule has 0 saturated carbocycles. The van der Waals surface area contributed by atoms with E-state index in [0.29, 0.717) is 44.6 Å². The Morgan fingerprint density at radius 2 is 1.60 bits per heavy atom. The first-order chi connectivity index (χ1) is 14.3. The Bertz CT molecular complexity index is 1120. The molecule has 0 atom stereocenters. The Morgan fingerprint density at radius 1 is 0.900 bits per heavy atom. The first kappa shape index (κ1) is 22.0. The maximum atomic E-state index is 12.9. The van der Waals surface area contributed by atoms with E-state index in [1.54, 1.807) is 24.3 Å². The van der Waals surface area contributed by atoms with Gasteiger partial charge >= 0.3 is 11.8 Å². The highest BCUT2D eigenvalue weighted by Crippen LogP contribution is 2.25. The van der Waals surface area contributed by atoms with Crippen molar-refractivity contribution in [1.29, 1.82) is 0 Å². The third-order valence-corrected chi connectivity index (χ3v) is 4.74. The lowest BCUT2D eigenvalue weighted by molar-refractivity contribution is -0.136. The van der Waals surface area contributed by atoms with E-state index in [-0.39, 0.29) is 5.69 Å². The van der Waals surface area contributed by atoms with E-state index < -0.39 is 17.7 Å². The molecule has 0 unspecified atom stereocenters. The van der Waals surface area contributed by atoms with Gasteiger partial charge in [-0.1, -0.05) is 41.7 Å². The number of hydrogen-bond acceptors (Lipinski definition) is 3. The number of carbonyl (C=O) groups is 3. The molecule has 0 spiro atoms. The average molecular weight is 468 g/mol. The second-order valence-corrected chi connectivity index (χ2v) is 7.69. The summed E-state index contributed by atoms with van der Waals surface area (Å²) in [6, 6.07) is 11.0. The Labute approximate surface area is 187 Å². The van der Waals surface area contributed by atoms with Crippen LogP contribution in [0.3, 0.4) is 0 Å². The van der Waals surface area contributed by atoms with Gasteiger partial charge in [0, 0.05) is 32.7 Å². The molecular weight excluding hydrogens is 451 g/mol. The van der Waals surface area contributed by atoms with Crippen molar-refractivity contribution < 1.29 is 14.4 Å². The summed E-state index contributed by atoms with van der Waals surface area (Å²) in [5, 5.41) is 6.93. The highest BCUT2D eigenvalue weighted by molar-refractivity contribution is 6.38. The van der Waals surface area contributed by atoms with Crippen LogP contribution < -0.4 is 16.1 Å². The van der Waals surface area contributed by atoms with E-state index in [1.807, 2.05) is 6.92 Å². The highest BCUT2D eigenvalue weighted by atomic mass is 35.5. The van der Waals surface area contributed by atoms with Crippen LogP contribution in [0.15, 0.2) is 42.5 Å². The molecule has 3 N–H and O–H groups in total. The van der Waals surface area contributed by atoms with Gasteiger partial charge in [-0.05, 0) is 48.9 Å². The van der Waals surface area contributed by atoms with Gasteiger partial charge < -0.3 is 10.6 Å². The van der Waals surface area contributed by atoms with Crippen LogP contribution in [0, 0.1) is 0 Å². The van der Waals surface area contributed by atoms with Gasteiger partial charge in [0.05, 0.1) is 5.52 Å². The average Bonchev–Trinajstić information content (AvgIpc) is 3.02. The second kappa shape index (κ2) is 9.38. The number of fused-ring (bicyclic) bond motifs is 1. The minimum atomic E-state index is -0.907. The lowest BCUT2D eigenvalue weighted by Gasteiger charge is -2.13. The largest absolute Gasteiger partial charge is 0.348 e. The number of halogens is 3. The molecule has 0 aliphatic carbocycles. The van der Waals surface area contributed by atoms with E-state index in [0.717, 1.165) is 0 Å². The summed E-state index contributed by atoms with van der Waals surface area (Å²) in [6.07, 6.45) is 0.680. The standard InChI is InChI=1S/C20H17Cl3N4O3/c1-2-5-24-19(29)20(30)26-27-16-4-3-12(21)6-11(16)7-17(27)18(28)25-15-9-13(22)8-14(23)10-15/h3-4,6-10H,2,5H2,1H3,(H,24,29)(H,25,28)(H,26,30). The zero-order chi connectivity index (χ0) is 21.8. The van der Waals surface area contributed by atoms with E-state index >= 15 is 0 Å². The quantitative estimate of drug-likeness (QED) is 0.484. The van der Waals surface area contributed by atoms with Crippen LogP contribution in [0.1, 0.15) is 23.8 Å². The lowest BCUT2D eigenvalue weighted by Crippen LogP contribution is -2.40. The summed E-state index contributed by atoms with van der Waals surface area (Å²) in [5.41, 5.74) is 3.41. The van der Waals surface area contributed by atoms with Crippen LogP contribution in [0.2, 0.25) is 15.1 Å².